The molecule has 0 fully saturated rings. The van der Waals surface area contributed by atoms with Crippen LogP contribution in [0.5, 0.6) is 5.75 Å². The number of aryl methyl sites for hydroxylation is 1. The molecule has 1 aromatic heterocycles. The predicted molar refractivity (Wildman–Crippen MR) is 78.7 cm³/mol. The summed E-state index contributed by atoms with van der Waals surface area (Å²) < 4.78 is 7.35. The number of carbonyl (C=O) groups is 1. The van der Waals surface area contributed by atoms with E-state index in [4.69, 9.17) is 9.84 Å². The van der Waals surface area contributed by atoms with Gasteiger partial charge in [0.15, 0.2) is 0 Å². The summed E-state index contributed by atoms with van der Waals surface area (Å²) in [6.07, 6.45) is 2.67. The van der Waals surface area contributed by atoms with Crippen molar-refractivity contribution in [2.45, 2.75) is 6.42 Å². The predicted octanol–water partition coefficient (Wildman–Crippen LogP) is 1.33. The number of benzene rings is 1. The van der Waals surface area contributed by atoms with Gasteiger partial charge in [0.2, 0.25) is 0 Å². The Hall–Kier alpha value is -2.34. The van der Waals surface area contributed by atoms with Crippen molar-refractivity contribution >= 4 is 5.97 Å². The molecule has 6 heteroatoms. The van der Waals surface area contributed by atoms with Gasteiger partial charge in [-0.25, -0.2) is 4.79 Å². The molecular formula is C15H19N3O3. The molecule has 6 nitrogen and oxygen atoms in total. The number of aromatic carboxylic acids is 1. The Labute approximate surface area is 123 Å². The third-order valence-electron chi connectivity index (χ3n) is 3.13. The summed E-state index contributed by atoms with van der Waals surface area (Å²) in [7, 11) is 1.92. The zero-order chi connectivity index (χ0) is 15.1. The summed E-state index contributed by atoms with van der Waals surface area (Å²) in [5, 5.41) is 16.4. The van der Waals surface area contributed by atoms with Gasteiger partial charge >= 0.3 is 5.97 Å². The molecule has 1 heterocycles. The Morgan fingerprint density at radius 2 is 2.14 bits per heavy atom. The average Bonchev–Trinajstić information content (AvgIpc) is 2.88. The van der Waals surface area contributed by atoms with Gasteiger partial charge in [0.25, 0.3) is 0 Å². The van der Waals surface area contributed by atoms with Crippen LogP contribution in [0.15, 0.2) is 36.5 Å². The van der Waals surface area contributed by atoms with Crippen molar-refractivity contribution in [2.75, 3.05) is 19.7 Å². The Morgan fingerprint density at radius 1 is 1.33 bits per heavy atom. The number of aromatic nitrogens is 2. The SMILES string of the molecule is Cn1nccc1CCNCCOc1ccccc1C(=O)O. The quantitative estimate of drug-likeness (QED) is 0.717. The minimum absolute atomic E-state index is 0.187. The number of carboxylic acids is 1. The van der Waals surface area contributed by atoms with E-state index in [1.807, 2.05) is 17.8 Å². The molecule has 0 radical (unpaired) electrons. The lowest BCUT2D eigenvalue weighted by molar-refractivity contribution is 0.0692. The fourth-order valence-electron chi connectivity index (χ4n) is 1.99. The van der Waals surface area contributed by atoms with Gasteiger partial charge in [-0.3, -0.25) is 4.68 Å². The van der Waals surface area contributed by atoms with E-state index in [0.29, 0.717) is 18.9 Å². The first kappa shape index (κ1) is 15.1. The highest BCUT2D eigenvalue weighted by molar-refractivity contribution is 5.90. The second kappa shape index (κ2) is 7.44. The number of carboxylic acid groups (broad SMARTS) is 1. The smallest absolute Gasteiger partial charge is 0.339 e. The number of para-hydroxylation sites is 1. The van der Waals surface area contributed by atoms with Crippen molar-refractivity contribution in [3.8, 4) is 5.75 Å². The molecule has 0 bridgehead atoms. The molecule has 21 heavy (non-hydrogen) atoms. The first-order valence-electron chi connectivity index (χ1n) is 6.81. The van der Waals surface area contributed by atoms with Crippen molar-refractivity contribution in [1.82, 2.24) is 15.1 Å². The van der Waals surface area contributed by atoms with Crippen molar-refractivity contribution < 1.29 is 14.6 Å². The Balaban J connectivity index is 1.68. The van der Waals surface area contributed by atoms with Gasteiger partial charge in [-0.2, -0.15) is 5.10 Å². The lowest BCUT2D eigenvalue weighted by Crippen LogP contribution is -2.24. The molecular weight excluding hydrogens is 270 g/mol. The van der Waals surface area contributed by atoms with Crippen LogP contribution >= 0.6 is 0 Å². The van der Waals surface area contributed by atoms with E-state index in [9.17, 15) is 4.79 Å². The maximum absolute atomic E-state index is 11.0. The standard InChI is InChI=1S/C15H19N3O3/c1-18-12(7-9-17-18)6-8-16-10-11-21-14-5-3-2-4-13(14)15(19)20/h2-5,7,9,16H,6,8,10-11H2,1H3,(H,19,20). The lowest BCUT2D eigenvalue weighted by Gasteiger charge is -2.09. The first-order valence-corrected chi connectivity index (χ1v) is 6.81. The highest BCUT2D eigenvalue weighted by atomic mass is 16.5. The van der Waals surface area contributed by atoms with Gasteiger partial charge in [-0.05, 0) is 18.2 Å². The first-order chi connectivity index (χ1) is 10.2. The van der Waals surface area contributed by atoms with Gasteiger partial charge in [-0.15, -0.1) is 0 Å². The summed E-state index contributed by atoms with van der Waals surface area (Å²) in [6.45, 7) is 1.91. The molecule has 0 unspecified atom stereocenters. The molecule has 0 aliphatic carbocycles. The number of nitrogens with zero attached hydrogens (tertiary/aromatic N) is 2. The molecule has 0 saturated carbocycles. The molecule has 0 aliphatic rings. The summed E-state index contributed by atoms with van der Waals surface area (Å²) >= 11 is 0. The van der Waals surface area contributed by atoms with Crippen LogP contribution in [0.4, 0.5) is 0 Å². The Bertz CT molecular complexity index is 595. The van der Waals surface area contributed by atoms with Crippen molar-refractivity contribution in [1.29, 1.82) is 0 Å². The molecule has 0 amide bonds. The van der Waals surface area contributed by atoms with E-state index < -0.39 is 5.97 Å². The molecule has 2 rings (SSSR count). The van der Waals surface area contributed by atoms with Crippen LogP contribution < -0.4 is 10.1 Å². The number of hydrogen-bond acceptors (Lipinski definition) is 4. The van der Waals surface area contributed by atoms with Crippen LogP contribution in [0.25, 0.3) is 0 Å². The van der Waals surface area contributed by atoms with Gasteiger partial charge in [0, 0.05) is 38.4 Å². The van der Waals surface area contributed by atoms with Gasteiger partial charge in [0.05, 0.1) is 0 Å². The normalized spacial score (nSPS) is 10.5. The van der Waals surface area contributed by atoms with Crippen LogP contribution in [-0.2, 0) is 13.5 Å². The Morgan fingerprint density at radius 3 is 2.86 bits per heavy atom. The minimum Gasteiger partial charge on any atom is -0.491 e. The molecule has 0 spiro atoms. The third kappa shape index (κ3) is 4.32. The van der Waals surface area contributed by atoms with Crippen LogP contribution in [0.3, 0.4) is 0 Å². The van der Waals surface area contributed by atoms with Crippen LogP contribution in [-0.4, -0.2) is 40.6 Å². The van der Waals surface area contributed by atoms with E-state index in [-0.39, 0.29) is 5.56 Å². The van der Waals surface area contributed by atoms with E-state index in [1.54, 1.807) is 24.4 Å². The van der Waals surface area contributed by atoms with Gasteiger partial charge in [0.1, 0.15) is 17.9 Å². The summed E-state index contributed by atoms with van der Waals surface area (Å²) in [5.41, 5.74) is 1.35. The molecule has 0 saturated heterocycles. The van der Waals surface area contributed by atoms with Crippen molar-refractivity contribution in [2.24, 2.45) is 7.05 Å². The van der Waals surface area contributed by atoms with Gasteiger partial charge in [-0.1, -0.05) is 12.1 Å². The fraction of sp³-hybridized carbons (Fsp3) is 0.333. The number of nitrogens with one attached hydrogen (secondary N) is 1. The fourth-order valence-corrected chi connectivity index (χ4v) is 1.99. The van der Waals surface area contributed by atoms with Crippen molar-refractivity contribution in [3.63, 3.8) is 0 Å². The second-order valence-electron chi connectivity index (χ2n) is 4.60. The molecule has 2 N–H and O–H groups in total. The highest BCUT2D eigenvalue weighted by Crippen LogP contribution is 2.17. The number of rotatable bonds is 8. The molecule has 112 valence electrons. The summed E-state index contributed by atoms with van der Waals surface area (Å²) in [4.78, 5) is 11.0. The largest absolute Gasteiger partial charge is 0.491 e. The molecule has 1 aromatic carbocycles. The third-order valence-corrected chi connectivity index (χ3v) is 3.13. The second-order valence-corrected chi connectivity index (χ2v) is 4.60. The van der Waals surface area contributed by atoms with Gasteiger partial charge < -0.3 is 15.2 Å². The van der Waals surface area contributed by atoms with E-state index in [0.717, 1.165) is 13.0 Å². The zero-order valence-electron chi connectivity index (χ0n) is 12.0. The highest BCUT2D eigenvalue weighted by Gasteiger charge is 2.09. The Kier molecular flexibility index (Phi) is 5.34. The van der Waals surface area contributed by atoms with Crippen LogP contribution in [0.2, 0.25) is 0 Å². The maximum Gasteiger partial charge on any atom is 0.339 e. The lowest BCUT2D eigenvalue weighted by atomic mass is 10.2. The monoisotopic (exact) mass is 289 g/mol. The summed E-state index contributed by atoms with van der Waals surface area (Å²) in [6, 6.07) is 8.63. The van der Waals surface area contributed by atoms with Crippen LogP contribution in [0.1, 0.15) is 16.1 Å². The van der Waals surface area contributed by atoms with E-state index >= 15 is 0 Å². The number of hydrogen-bond donors (Lipinski definition) is 2. The zero-order valence-corrected chi connectivity index (χ0v) is 12.0. The van der Waals surface area contributed by atoms with Crippen LogP contribution in [0, 0.1) is 0 Å². The summed E-state index contributed by atoms with van der Waals surface area (Å²) in [5.74, 6) is -0.576. The van der Waals surface area contributed by atoms with Crippen molar-refractivity contribution in [3.05, 3.63) is 47.8 Å². The molecule has 2 aromatic rings. The molecule has 0 atom stereocenters. The number of ether oxygens (including phenoxy) is 1. The van der Waals surface area contributed by atoms with E-state index in [2.05, 4.69) is 10.4 Å². The average molecular weight is 289 g/mol. The topological polar surface area (TPSA) is 76.4 Å². The maximum atomic E-state index is 11.0. The van der Waals surface area contributed by atoms with E-state index in [1.165, 1.54) is 11.8 Å². The minimum atomic E-state index is -0.977. The molecule has 0 aliphatic heterocycles.